The van der Waals surface area contributed by atoms with E-state index in [-0.39, 0.29) is 5.41 Å². The van der Waals surface area contributed by atoms with Gasteiger partial charge in [-0.3, -0.25) is 4.79 Å². The van der Waals surface area contributed by atoms with E-state index in [1.54, 1.807) is 0 Å². The van der Waals surface area contributed by atoms with Gasteiger partial charge in [-0.2, -0.15) is 0 Å². The molecule has 1 saturated heterocycles. The number of unbranched alkanes of at least 4 members (excludes halogenated alkanes) is 1. The van der Waals surface area contributed by atoms with Gasteiger partial charge >= 0.3 is 0 Å². The Morgan fingerprint density at radius 2 is 2.20 bits per heavy atom. The van der Waals surface area contributed by atoms with Crippen molar-refractivity contribution in [2.75, 3.05) is 26.2 Å². The molecule has 3 nitrogen and oxygen atoms in total. The van der Waals surface area contributed by atoms with Gasteiger partial charge in [-0.15, -0.1) is 0 Å². The van der Waals surface area contributed by atoms with Crippen LogP contribution in [-0.4, -0.2) is 37.0 Å². The molecule has 0 aromatic rings. The molecule has 1 N–H and O–H groups in total. The van der Waals surface area contributed by atoms with Crippen LogP contribution in [0.2, 0.25) is 0 Å². The quantitative estimate of drug-likeness (QED) is 0.771. The number of nitrogens with zero attached hydrogens (tertiary/aromatic N) is 1. The lowest BCUT2D eigenvalue weighted by molar-refractivity contribution is -0.133. The molecule has 0 saturated carbocycles. The Morgan fingerprint density at radius 3 is 2.87 bits per heavy atom. The van der Waals surface area contributed by atoms with Crippen LogP contribution >= 0.6 is 0 Å². The standard InChI is InChI=1S/C12H24N2O/c1-4-5-8-14-10-12(2,3)9-13-7-6-11(14)15/h13H,4-10H2,1-3H3. The molecule has 1 aliphatic rings. The molecule has 1 fully saturated rings. The Kier molecular flexibility index (Phi) is 4.58. The van der Waals surface area contributed by atoms with Crippen molar-refractivity contribution in [1.29, 1.82) is 0 Å². The minimum atomic E-state index is 0.198. The molecular weight excluding hydrogens is 188 g/mol. The van der Waals surface area contributed by atoms with Gasteiger partial charge in [0, 0.05) is 32.6 Å². The van der Waals surface area contributed by atoms with E-state index in [0.29, 0.717) is 12.3 Å². The highest BCUT2D eigenvalue weighted by molar-refractivity contribution is 5.76. The molecule has 15 heavy (non-hydrogen) atoms. The zero-order valence-electron chi connectivity index (χ0n) is 10.3. The molecule has 0 aromatic carbocycles. The number of carbonyl (C=O) groups is 1. The lowest BCUT2D eigenvalue weighted by Crippen LogP contribution is -2.47. The molecule has 88 valence electrons. The first-order valence-corrected chi connectivity index (χ1v) is 6.04. The van der Waals surface area contributed by atoms with Crippen LogP contribution in [-0.2, 0) is 4.79 Å². The molecule has 0 aliphatic carbocycles. The lowest BCUT2D eigenvalue weighted by Gasteiger charge is -2.35. The van der Waals surface area contributed by atoms with E-state index < -0.39 is 0 Å². The van der Waals surface area contributed by atoms with E-state index in [1.807, 2.05) is 4.90 Å². The molecule has 1 amide bonds. The average Bonchev–Trinajstić information content (AvgIpc) is 2.17. The first-order valence-electron chi connectivity index (χ1n) is 6.04. The van der Waals surface area contributed by atoms with Crippen LogP contribution in [0.4, 0.5) is 0 Å². The summed E-state index contributed by atoms with van der Waals surface area (Å²) >= 11 is 0. The average molecular weight is 212 g/mol. The SMILES string of the molecule is CCCCN1CC(C)(C)CNCCC1=O. The first kappa shape index (κ1) is 12.5. The van der Waals surface area contributed by atoms with Crippen LogP contribution in [0, 0.1) is 5.41 Å². The van der Waals surface area contributed by atoms with Crippen LogP contribution in [0.15, 0.2) is 0 Å². The van der Waals surface area contributed by atoms with Gasteiger partial charge in [0.15, 0.2) is 0 Å². The van der Waals surface area contributed by atoms with E-state index in [4.69, 9.17) is 0 Å². The van der Waals surface area contributed by atoms with Crippen molar-refractivity contribution in [1.82, 2.24) is 10.2 Å². The summed E-state index contributed by atoms with van der Waals surface area (Å²) in [6, 6.07) is 0. The van der Waals surface area contributed by atoms with E-state index in [9.17, 15) is 4.79 Å². The Balaban J connectivity index is 2.57. The number of hydrogen-bond acceptors (Lipinski definition) is 2. The van der Waals surface area contributed by atoms with Crippen molar-refractivity contribution in [3.05, 3.63) is 0 Å². The predicted molar refractivity (Wildman–Crippen MR) is 62.8 cm³/mol. The highest BCUT2D eigenvalue weighted by Crippen LogP contribution is 2.18. The molecule has 0 aromatic heterocycles. The number of carbonyl (C=O) groups excluding carboxylic acids is 1. The Bertz CT molecular complexity index is 214. The molecule has 0 bridgehead atoms. The molecule has 1 rings (SSSR count). The maximum Gasteiger partial charge on any atom is 0.223 e. The largest absolute Gasteiger partial charge is 0.342 e. The Labute approximate surface area is 93.2 Å². The smallest absolute Gasteiger partial charge is 0.223 e. The predicted octanol–water partition coefficient (Wildman–Crippen LogP) is 1.63. The van der Waals surface area contributed by atoms with Gasteiger partial charge in [0.05, 0.1) is 0 Å². The summed E-state index contributed by atoms with van der Waals surface area (Å²) in [7, 11) is 0. The molecule has 1 aliphatic heterocycles. The normalized spacial score (nSPS) is 22.3. The zero-order valence-corrected chi connectivity index (χ0v) is 10.3. The third kappa shape index (κ3) is 4.20. The second-order valence-corrected chi connectivity index (χ2v) is 5.26. The van der Waals surface area contributed by atoms with Crippen molar-refractivity contribution in [3.63, 3.8) is 0 Å². The van der Waals surface area contributed by atoms with Crippen molar-refractivity contribution in [2.24, 2.45) is 5.41 Å². The maximum atomic E-state index is 11.8. The number of rotatable bonds is 3. The van der Waals surface area contributed by atoms with Gasteiger partial charge in [-0.25, -0.2) is 0 Å². The maximum absolute atomic E-state index is 11.8. The summed E-state index contributed by atoms with van der Waals surface area (Å²) in [6.45, 7) is 10.3. The van der Waals surface area contributed by atoms with E-state index >= 15 is 0 Å². The molecule has 0 unspecified atom stereocenters. The van der Waals surface area contributed by atoms with Crippen LogP contribution in [0.3, 0.4) is 0 Å². The summed E-state index contributed by atoms with van der Waals surface area (Å²) in [4.78, 5) is 13.9. The number of nitrogens with one attached hydrogen (secondary N) is 1. The number of hydrogen-bond donors (Lipinski definition) is 1. The molecule has 3 heteroatoms. The second kappa shape index (κ2) is 5.50. The summed E-state index contributed by atoms with van der Waals surface area (Å²) in [5, 5.41) is 3.34. The van der Waals surface area contributed by atoms with Gasteiger partial charge < -0.3 is 10.2 Å². The molecule has 0 spiro atoms. The number of amides is 1. The summed E-state index contributed by atoms with van der Waals surface area (Å²) in [5.41, 5.74) is 0.198. The lowest BCUT2D eigenvalue weighted by atomic mass is 9.91. The Morgan fingerprint density at radius 1 is 1.47 bits per heavy atom. The van der Waals surface area contributed by atoms with Crippen molar-refractivity contribution >= 4 is 5.91 Å². The van der Waals surface area contributed by atoms with Crippen LogP contribution < -0.4 is 5.32 Å². The molecule has 0 atom stereocenters. The third-order valence-electron chi connectivity index (χ3n) is 2.87. The van der Waals surface area contributed by atoms with Gasteiger partial charge in [0.25, 0.3) is 0 Å². The fourth-order valence-electron chi connectivity index (χ4n) is 1.99. The van der Waals surface area contributed by atoms with Gasteiger partial charge in [0.1, 0.15) is 0 Å². The van der Waals surface area contributed by atoms with Crippen LogP contribution in [0.5, 0.6) is 0 Å². The Hall–Kier alpha value is -0.570. The second-order valence-electron chi connectivity index (χ2n) is 5.26. The highest BCUT2D eigenvalue weighted by Gasteiger charge is 2.26. The van der Waals surface area contributed by atoms with Crippen LogP contribution in [0.1, 0.15) is 40.0 Å². The van der Waals surface area contributed by atoms with Gasteiger partial charge in [0.2, 0.25) is 5.91 Å². The fraction of sp³-hybridized carbons (Fsp3) is 0.917. The van der Waals surface area contributed by atoms with Crippen molar-refractivity contribution in [3.8, 4) is 0 Å². The molecule has 1 heterocycles. The highest BCUT2D eigenvalue weighted by atomic mass is 16.2. The van der Waals surface area contributed by atoms with Crippen LogP contribution in [0.25, 0.3) is 0 Å². The molecular formula is C12H24N2O. The van der Waals surface area contributed by atoms with Crippen molar-refractivity contribution in [2.45, 2.75) is 40.0 Å². The summed E-state index contributed by atoms with van der Waals surface area (Å²) in [6.07, 6.45) is 2.93. The van der Waals surface area contributed by atoms with Gasteiger partial charge in [-0.1, -0.05) is 27.2 Å². The van der Waals surface area contributed by atoms with Crippen molar-refractivity contribution < 1.29 is 4.79 Å². The van der Waals surface area contributed by atoms with E-state index in [2.05, 4.69) is 26.1 Å². The first-order chi connectivity index (χ1) is 7.05. The summed E-state index contributed by atoms with van der Waals surface area (Å²) < 4.78 is 0. The summed E-state index contributed by atoms with van der Waals surface area (Å²) in [5.74, 6) is 0.309. The topological polar surface area (TPSA) is 32.3 Å². The monoisotopic (exact) mass is 212 g/mol. The minimum Gasteiger partial charge on any atom is -0.342 e. The van der Waals surface area contributed by atoms with Gasteiger partial charge in [-0.05, 0) is 11.8 Å². The third-order valence-corrected chi connectivity index (χ3v) is 2.87. The van der Waals surface area contributed by atoms with E-state index in [0.717, 1.165) is 39.0 Å². The van der Waals surface area contributed by atoms with E-state index in [1.165, 1.54) is 0 Å². The molecule has 0 radical (unpaired) electrons. The minimum absolute atomic E-state index is 0.198. The fourth-order valence-corrected chi connectivity index (χ4v) is 1.99. The zero-order chi connectivity index (χ0) is 11.3.